The average molecular weight is 269 g/mol. The summed E-state index contributed by atoms with van der Waals surface area (Å²) in [5.74, 6) is -1.00. The van der Waals surface area contributed by atoms with Crippen LogP contribution in [0.1, 0.15) is 28.9 Å². The largest absolute Gasteiger partial charge is 0.546 e. The fourth-order valence-electron chi connectivity index (χ4n) is 1.78. The first-order chi connectivity index (χ1) is 9.58. The molecule has 0 saturated heterocycles. The van der Waals surface area contributed by atoms with E-state index in [-0.39, 0.29) is 5.78 Å². The van der Waals surface area contributed by atoms with Gasteiger partial charge in [-0.25, -0.2) is 0 Å². The summed E-state index contributed by atoms with van der Waals surface area (Å²) in [5, 5.41) is 11.2. The molecule has 2 aromatic carbocycles. The molecule has 0 saturated carbocycles. The van der Waals surface area contributed by atoms with Crippen LogP contribution in [0.4, 0.5) is 0 Å². The van der Waals surface area contributed by atoms with E-state index in [9.17, 15) is 14.7 Å². The second-order valence-corrected chi connectivity index (χ2v) is 4.31. The van der Waals surface area contributed by atoms with Crippen LogP contribution in [0, 0.1) is 0 Å². The zero-order chi connectivity index (χ0) is 14.5. The third kappa shape index (κ3) is 3.23. The Morgan fingerprint density at radius 2 is 1.60 bits per heavy atom. The van der Waals surface area contributed by atoms with E-state index in [0.29, 0.717) is 16.9 Å². The molecular weight excluding hydrogens is 256 g/mol. The Hall–Kier alpha value is -2.62. The predicted octanol–water partition coefficient (Wildman–Crippen LogP) is 1.76. The number of rotatable bonds is 5. The van der Waals surface area contributed by atoms with Crippen LogP contribution in [0.25, 0.3) is 0 Å². The van der Waals surface area contributed by atoms with Gasteiger partial charge < -0.3 is 14.6 Å². The van der Waals surface area contributed by atoms with Crippen molar-refractivity contribution in [3.8, 4) is 5.75 Å². The number of carboxylic acids is 1. The maximum atomic E-state index is 11.2. The van der Waals surface area contributed by atoms with Gasteiger partial charge in [-0.3, -0.25) is 4.79 Å². The summed E-state index contributed by atoms with van der Waals surface area (Å²) in [6, 6.07) is 14.9. The van der Waals surface area contributed by atoms with E-state index in [1.165, 1.54) is 6.92 Å². The van der Waals surface area contributed by atoms with Crippen LogP contribution >= 0.6 is 0 Å². The van der Waals surface area contributed by atoms with Crippen molar-refractivity contribution in [2.75, 3.05) is 0 Å². The van der Waals surface area contributed by atoms with Crippen molar-refractivity contribution in [2.24, 2.45) is 0 Å². The lowest BCUT2D eigenvalue weighted by atomic mass is 10.1. The van der Waals surface area contributed by atoms with Gasteiger partial charge in [0.25, 0.3) is 0 Å². The maximum absolute atomic E-state index is 11.2. The number of ether oxygens (including phenoxy) is 1. The van der Waals surface area contributed by atoms with Crippen LogP contribution in [0.15, 0.2) is 54.6 Å². The van der Waals surface area contributed by atoms with Gasteiger partial charge in [-0.1, -0.05) is 30.3 Å². The van der Waals surface area contributed by atoms with Crippen molar-refractivity contribution >= 4 is 11.8 Å². The van der Waals surface area contributed by atoms with Gasteiger partial charge in [0.05, 0.1) is 5.97 Å². The van der Waals surface area contributed by atoms with E-state index in [1.807, 2.05) is 0 Å². The molecule has 0 amide bonds. The SMILES string of the molecule is CC(=O)c1ccc(O[C@@H](C(=O)[O-])c2ccccc2)cc1. The van der Waals surface area contributed by atoms with Gasteiger partial charge in [-0.15, -0.1) is 0 Å². The van der Waals surface area contributed by atoms with Crippen LogP contribution in [-0.2, 0) is 4.79 Å². The van der Waals surface area contributed by atoms with Crippen LogP contribution in [0.3, 0.4) is 0 Å². The van der Waals surface area contributed by atoms with Crippen molar-refractivity contribution in [3.63, 3.8) is 0 Å². The number of hydrogen-bond acceptors (Lipinski definition) is 4. The van der Waals surface area contributed by atoms with E-state index in [1.54, 1.807) is 54.6 Å². The van der Waals surface area contributed by atoms with Gasteiger partial charge >= 0.3 is 0 Å². The first-order valence-electron chi connectivity index (χ1n) is 6.11. The molecule has 0 heterocycles. The Labute approximate surface area is 116 Å². The predicted molar refractivity (Wildman–Crippen MR) is 71.3 cm³/mol. The molecule has 0 bridgehead atoms. The lowest BCUT2D eigenvalue weighted by Crippen LogP contribution is -2.33. The normalized spacial score (nSPS) is 11.7. The van der Waals surface area contributed by atoms with Gasteiger partial charge in [-0.2, -0.15) is 0 Å². The Kier molecular flexibility index (Phi) is 4.15. The highest BCUT2D eigenvalue weighted by molar-refractivity contribution is 5.94. The molecule has 1 atom stereocenters. The van der Waals surface area contributed by atoms with Gasteiger partial charge in [0, 0.05) is 5.56 Å². The standard InChI is InChI=1S/C16H14O4/c1-11(17)12-7-9-14(10-8-12)20-15(16(18)19)13-5-3-2-4-6-13/h2-10,15H,1H3,(H,18,19)/p-1/t15-/m1/s1. The first-order valence-corrected chi connectivity index (χ1v) is 6.11. The molecule has 2 aromatic rings. The number of ketones is 1. The Balaban J connectivity index is 2.21. The van der Waals surface area contributed by atoms with Crippen LogP contribution in [0.2, 0.25) is 0 Å². The van der Waals surface area contributed by atoms with E-state index in [4.69, 9.17) is 4.74 Å². The van der Waals surface area contributed by atoms with E-state index in [0.717, 1.165) is 0 Å². The summed E-state index contributed by atoms with van der Waals surface area (Å²) in [6.45, 7) is 1.46. The topological polar surface area (TPSA) is 66.4 Å². The number of carbonyl (C=O) groups is 2. The molecule has 102 valence electrons. The zero-order valence-corrected chi connectivity index (χ0v) is 10.9. The number of Topliss-reactive ketones (excluding diaryl/α,β-unsaturated/α-hetero) is 1. The van der Waals surface area contributed by atoms with Crippen LogP contribution in [-0.4, -0.2) is 11.8 Å². The van der Waals surface area contributed by atoms with Crippen LogP contribution in [0.5, 0.6) is 5.75 Å². The number of carboxylic acid groups (broad SMARTS) is 1. The summed E-state index contributed by atoms with van der Waals surface area (Å²) in [4.78, 5) is 22.4. The molecule has 0 aliphatic rings. The zero-order valence-electron chi connectivity index (χ0n) is 10.9. The van der Waals surface area contributed by atoms with E-state index < -0.39 is 12.1 Å². The molecule has 0 aliphatic carbocycles. The fourth-order valence-corrected chi connectivity index (χ4v) is 1.78. The maximum Gasteiger partial charge on any atom is 0.163 e. The summed E-state index contributed by atoms with van der Waals surface area (Å²) < 4.78 is 5.42. The lowest BCUT2D eigenvalue weighted by molar-refractivity contribution is -0.314. The quantitative estimate of drug-likeness (QED) is 0.776. The van der Waals surface area contributed by atoms with Crippen LogP contribution < -0.4 is 9.84 Å². The summed E-state index contributed by atoms with van der Waals surface area (Å²) >= 11 is 0. The van der Waals surface area contributed by atoms with Gasteiger partial charge in [-0.05, 0) is 36.8 Å². The van der Waals surface area contributed by atoms with Crippen molar-refractivity contribution in [1.82, 2.24) is 0 Å². The molecule has 0 fully saturated rings. The molecule has 0 aromatic heterocycles. The van der Waals surface area contributed by atoms with E-state index in [2.05, 4.69) is 0 Å². The molecular formula is C16H13O4-. The minimum absolute atomic E-state index is 0.0592. The second-order valence-electron chi connectivity index (χ2n) is 4.31. The highest BCUT2D eigenvalue weighted by Crippen LogP contribution is 2.22. The van der Waals surface area contributed by atoms with Crippen molar-refractivity contribution in [1.29, 1.82) is 0 Å². The van der Waals surface area contributed by atoms with Gasteiger partial charge in [0.2, 0.25) is 0 Å². The molecule has 0 spiro atoms. The molecule has 0 radical (unpaired) electrons. The van der Waals surface area contributed by atoms with Crippen molar-refractivity contribution in [2.45, 2.75) is 13.0 Å². The molecule has 0 unspecified atom stereocenters. The second kappa shape index (κ2) is 6.02. The highest BCUT2D eigenvalue weighted by atomic mass is 16.5. The minimum atomic E-state index is -1.31. The molecule has 4 nitrogen and oxygen atoms in total. The Morgan fingerprint density at radius 1 is 1.00 bits per heavy atom. The highest BCUT2D eigenvalue weighted by Gasteiger charge is 2.14. The van der Waals surface area contributed by atoms with Gasteiger partial charge in [0.15, 0.2) is 11.9 Å². The molecule has 4 heteroatoms. The number of carbonyl (C=O) groups excluding carboxylic acids is 2. The molecule has 2 rings (SSSR count). The molecule has 0 N–H and O–H groups in total. The monoisotopic (exact) mass is 269 g/mol. The third-order valence-corrected chi connectivity index (χ3v) is 2.83. The smallest absolute Gasteiger partial charge is 0.163 e. The fraction of sp³-hybridized carbons (Fsp3) is 0.125. The third-order valence-electron chi connectivity index (χ3n) is 2.83. The average Bonchev–Trinajstić information content (AvgIpc) is 2.46. The number of hydrogen-bond donors (Lipinski definition) is 0. The lowest BCUT2D eigenvalue weighted by Gasteiger charge is -2.20. The Bertz CT molecular complexity index is 602. The summed E-state index contributed by atoms with van der Waals surface area (Å²) in [5.41, 5.74) is 1.05. The number of benzene rings is 2. The Morgan fingerprint density at radius 3 is 2.10 bits per heavy atom. The number of aliphatic carboxylic acids is 1. The molecule has 20 heavy (non-hydrogen) atoms. The van der Waals surface area contributed by atoms with Gasteiger partial charge in [0.1, 0.15) is 5.75 Å². The summed E-state index contributed by atoms with van der Waals surface area (Å²) in [6.07, 6.45) is -1.18. The molecule has 0 aliphatic heterocycles. The van der Waals surface area contributed by atoms with Crippen molar-refractivity contribution < 1.29 is 19.4 Å². The van der Waals surface area contributed by atoms with Crippen molar-refractivity contribution in [3.05, 3.63) is 65.7 Å². The summed E-state index contributed by atoms with van der Waals surface area (Å²) in [7, 11) is 0. The first kappa shape index (κ1) is 13.8. The minimum Gasteiger partial charge on any atom is -0.546 e. The van der Waals surface area contributed by atoms with E-state index >= 15 is 0 Å².